The molecule has 1 saturated carbocycles. The number of aromatic nitrogens is 3. The summed E-state index contributed by atoms with van der Waals surface area (Å²) in [7, 11) is 0. The first kappa shape index (κ1) is 20.5. The molecule has 1 fully saturated rings. The van der Waals surface area contributed by atoms with Gasteiger partial charge in [0.15, 0.2) is 5.16 Å². The summed E-state index contributed by atoms with van der Waals surface area (Å²) in [5.41, 5.74) is 9.25. The number of anilines is 2. The van der Waals surface area contributed by atoms with Crippen LogP contribution in [0.15, 0.2) is 53.7 Å². The smallest absolute Gasteiger partial charge is 0.234 e. The van der Waals surface area contributed by atoms with Gasteiger partial charge in [0.05, 0.1) is 5.75 Å². The van der Waals surface area contributed by atoms with Crippen LogP contribution in [0.5, 0.6) is 0 Å². The van der Waals surface area contributed by atoms with E-state index in [1.54, 1.807) is 6.07 Å². The molecular weight excluding hydrogens is 394 g/mol. The fourth-order valence-electron chi connectivity index (χ4n) is 3.96. The lowest BCUT2D eigenvalue weighted by atomic mass is 9.88. The van der Waals surface area contributed by atoms with Crippen LogP contribution in [0.25, 0.3) is 5.69 Å². The fraction of sp³-hybridized carbons (Fsp3) is 0.348. The number of hydrogen-bond donors (Lipinski definition) is 2. The number of nitrogen functional groups attached to an aromatic ring is 1. The van der Waals surface area contributed by atoms with E-state index in [0.29, 0.717) is 11.6 Å². The van der Waals surface area contributed by atoms with E-state index in [4.69, 9.17) is 5.73 Å². The van der Waals surface area contributed by atoms with Crippen molar-refractivity contribution in [2.45, 2.75) is 50.1 Å². The first-order valence-corrected chi connectivity index (χ1v) is 11.4. The Morgan fingerprint density at radius 1 is 1.13 bits per heavy atom. The third kappa shape index (κ3) is 4.67. The van der Waals surface area contributed by atoms with Gasteiger partial charge in [0.2, 0.25) is 5.91 Å². The van der Waals surface area contributed by atoms with Gasteiger partial charge in [-0.25, -0.2) is 0 Å². The number of thioether (sulfide) groups is 1. The zero-order valence-electron chi connectivity index (χ0n) is 17.2. The number of benzene rings is 2. The number of aryl methyl sites for hydroxylation is 1. The molecule has 0 bridgehead atoms. The minimum Gasteiger partial charge on any atom is -0.399 e. The van der Waals surface area contributed by atoms with Crippen LogP contribution in [0.4, 0.5) is 11.4 Å². The summed E-state index contributed by atoms with van der Waals surface area (Å²) in [5.74, 6) is 1.62. The highest BCUT2D eigenvalue weighted by Crippen LogP contribution is 2.34. The van der Waals surface area contributed by atoms with Gasteiger partial charge in [-0.3, -0.25) is 9.36 Å². The SMILES string of the molecule is Cc1cc(N)ccc1NC(=O)CSc1nnc(C2CCCCC2)n1-c1ccccc1. The molecule has 0 spiro atoms. The van der Waals surface area contributed by atoms with Gasteiger partial charge in [-0.15, -0.1) is 10.2 Å². The lowest BCUT2D eigenvalue weighted by molar-refractivity contribution is -0.113. The lowest BCUT2D eigenvalue weighted by Crippen LogP contribution is -2.16. The number of hydrogen-bond acceptors (Lipinski definition) is 5. The average molecular weight is 422 g/mol. The zero-order chi connectivity index (χ0) is 20.9. The van der Waals surface area contributed by atoms with Crippen LogP contribution in [0.1, 0.15) is 49.4 Å². The summed E-state index contributed by atoms with van der Waals surface area (Å²) in [5, 5.41) is 12.7. The van der Waals surface area contributed by atoms with Crippen LogP contribution >= 0.6 is 11.8 Å². The van der Waals surface area contributed by atoms with Gasteiger partial charge >= 0.3 is 0 Å². The molecule has 7 heteroatoms. The standard InChI is InChI=1S/C23H27N5OS/c1-16-14-18(24)12-13-20(16)25-21(29)15-30-23-27-26-22(17-8-4-2-5-9-17)28(23)19-10-6-3-7-11-19/h3,6-7,10-14,17H,2,4-5,8-9,15,24H2,1H3,(H,25,29). The highest BCUT2D eigenvalue weighted by molar-refractivity contribution is 7.99. The topological polar surface area (TPSA) is 85.8 Å². The summed E-state index contributed by atoms with van der Waals surface area (Å²) in [4.78, 5) is 12.6. The van der Waals surface area contributed by atoms with Gasteiger partial charge in [0.25, 0.3) is 0 Å². The fourth-order valence-corrected chi connectivity index (χ4v) is 4.72. The van der Waals surface area contributed by atoms with Crippen molar-refractivity contribution in [3.8, 4) is 5.69 Å². The molecule has 6 nitrogen and oxygen atoms in total. The van der Waals surface area contributed by atoms with Crippen molar-refractivity contribution in [2.75, 3.05) is 16.8 Å². The van der Waals surface area contributed by atoms with Crippen LogP contribution < -0.4 is 11.1 Å². The summed E-state index contributed by atoms with van der Waals surface area (Å²) in [6, 6.07) is 15.7. The molecule has 0 aliphatic heterocycles. The Hall–Kier alpha value is -2.80. The van der Waals surface area contributed by atoms with Gasteiger partial charge in [-0.05, 0) is 55.7 Å². The second-order valence-corrected chi connectivity index (χ2v) is 8.70. The van der Waals surface area contributed by atoms with E-state index < -0.39 is 0 Å². The van der Waals surface area contributed by atoms with Crippen molar-refractivity contribution in [1.82, 2.24) is 14.8 Å². The van der Waals surface area contributed by atoms with Crippen LogP contribution in [0.2, 0.25) is 0 Å². The van der Waals surface area contributed by atoms with Gasteiger partial charge in [0, 0.05) is 23.0 Å². The Morgan fingerprint density at radius 3 is 2.63 bits per heavy atom. The summed E-state index contributed by atoms with van der Waals surface area (Å²) in [6.07, 6.45) is 6.05. The Morgan fingerprint density at radius 2 is 1.90 bits per heavy atom. The zero-order valence-corrected chi connectivity index (χ0v) is 18.0. The number of para-hydroxylation sites is 1. The van der Waals surface area contributed by atoms with Crippen molar-refractivity contribution in [3.05, 3.63) is 59.9 Å². The predicted molar refractivity (Wildman–Crippen MR) is 122 cm³/mol. The molecule has 156 valence electrons. The van der Waals surface area contributed by atoms with E-state index in [-0.39, 0.29) is 11.7 Å². The van der Waals surface area contributed by atoms with Gasteiger partial charge in [-0.2, -0.15) is 0 Å². The number of amides is 1. The van der Waals surface area contributed by atoms with E-state index in [9.17, 15) is 4.79 Å². The molecule has 1 aliphatic rings. The minimum atomic E-state index is -0.0744. The third-order valence-corrected chi connectivity index (χ3v) is 6.43. The molecule has 0 saturated heterocycles. The Labute approximate surface area is 181 Å². The van der Waals surface area contributed by atoms with Crippen LogP contribution in [0, 0.1) is 6.92 Å². The van der Waals surface area contributed by atoms with E-state index in [2.05, 4.69) is 32.2 Å². The monoisotopic (exact) mass is 421 g/mol. The third-order valence-electron chi connectivity index (χ3n) is 5.50. The highest BCUT2D eigenvalue weighted by Gasteiger charge is 2.24. The molecule has 1 amide bonds. The molecule has 30 heavy (non-hydrogen) atoms. The summed E-state index contributed by atoms with van der Waals surface area (Å²) < 4.78 is 2.13. The highest BCUT2D eigenvalue weighted by atomic mass is 32.2. The largest absolute Gasteiger partial charge is 0.399 e. The van der Waals surface area contributed by atoms with Crippen LogP contribution in [0.3, 0.4) is 0 Å². The van der Waals surface area contributed by atoms with Crippen molar-refractivity contribution < 1.29 is 4.79 Å². The summed E-state index contributed by atoms with van der Waals surface area (Å²) >= 11 is 1.42. The molecule has 1 aliphatic carbocycles. The molecule has 0 unspecified atom stereocenters. The van der Waals surface area contributed by atoms with Crippen LogP contribution in [-0.2, 0) is 4.79 Å². The number of rotatable bonds is 6. The van der Waals surface area contributed by atoms with Crippen molar-refractivity contribution >= 4 is 29.0 Å². The first-order chi connectivity index (χ1) is 14.6. The predicted octanol–water partition coefficient (Wildman–Crippen LogP) is 4.94. The van der Waals surface area contributed by atoms with Gasteiger partial charge in [0.1, 0.15) is 5.82 Å². The lowest BCUT2D eigenvalue weighted by Gasteiger charge is -2.22. The van der Waals surface area contributed by atoms with Crippen molar-refractivity contribution in [2.24, 2.45) is 0 Å². The molecule has 2 aromatic carbocycles. The van der Waals surface area contributed by atoms with Crippen molar-refractivity contribution in [3.63, 3.8) is 0 Å². The van der Waals surface area contributed by atoms with E-state index >= 15 is 0 Å². The second-order valence-electron chi connectivity index (χ2n) is 7.76. The summed E-state index contributed by atoms with van der Waals surface area (Å²) in [6.45, 7) is 1.93. The molecule has 4 rings (SSSR count). The average Bonchev–Trinajstić information content (AvgIpc) is 3.19. The Balaban J connectivity index is 1.52. The number of nitrogens with two attached hydrogens (primary N) is 1. The molecular formula is C23H27N5OS. The molecule has 3 aromatic rings. The molecule has 0 radical (unpaired) electrons. The number of carbonyl (C=O) groups excluding carboxylic acids is 1. The Bertz CT molecular complexity index is 1010. The van der Waals surface area contributed by atoms with Crippen molar-refractivity contribution in [1.29, 1.82) is 0 Å². The maximum absolute atomic E-state index is 12.6. The molecule has 3 N–H and O–H groups in total. The number of nitrogens with zero attached hydrogens (tertiary/aromatic N) is 3. The normalized spacial score (nSPS) is 14.6. The maximum atomic E-state index is 12.6. The van der Waals surface area contributed by atoms with Gasteiger partial charge < -0.3 is 11.1 Å². The number of nitrogens with one attached hydrogen (secondary N) is 1. The Kier molecular flexibility index (Phi) is 6.38. The van der Waals surface area contributed by atoms with E-state index in [1.807, 2.05) is 37.3 Å². The molecule has 0 atom stereocenters. The minimum absolute atomic E-state index is 0.0744. The second kappa shape index (κ2) is 9.34. The maximum Gasteiger partial charge on any atom is 0.234 e. The molecule has 1 aromatic heterocycles. The van der Waals surface area contributed by atoms with E-state index in [0.717, 1.165) is 40.8 Å². The quantitative estimate of drug-likeness (QED) is 0.435. The number of carbonyl (C=O) groups is 1. The van der Waals surface area contributed by atoms with E-state index in [1.165, 1.54) is 31.0 Å². The van der Waals surface area contributed by atoms with Crippen LogP contribution in [-0.4, -0.2) is 26.4 Å². The van der Waals surface area contributed by atoms with Gasteiger partial charge in [-0.1, -0.05) is 49.2 Å². The first-order valence-electron chi connectivity index (χ1n) is 10.4. The molecule has 1 heterocycles.